The maximum Gasteiger partial charge on any atom is 0.408 e. The molecule has 1 atom stereocenters. The van der Waals surface area contributed by atoms with E-state index in [1.165, 1.54) is 6.07 Å². The van der Waals surface area contributed by atoms with Crippen molar-refractivity contribution in [2.24, 2.45) is 0 Å². The summed E-state index contributed by atoms with van der Waals surface area (Å²) in [5.74, 6) is -0.269. The lowest BCUT2D eigenvalue weighted by Gasteiger charge is -2.23. The van der Waals surface area contributed by atoms with Crippen LogP contribution in [0.4, 0.5) is 4.79 Å². The lowest BCUT2D eigenvalue weighted by atomic mass is 10.0. The van der Waals surface area contributed by atoms with E-state index in [2.05, 4.69) is 12.2 Å². The molecule has 1 amide bonds. The van der Waals surface area contributed by atoms with E-state index in [9.17, 15) is 14.4 Å². The molecule has 0 bridgehead atoms. The zero-order chi connectivity index (χ0) is 23.2. The second-order valence-corrected chi connectivity index (χ2v) is 8.74. The smallest absolute Gasteiger partial charge is 0.408 e. The number of benzene rings is 1. The van der Waals surface area contributed by atoms with Gasteiger partial charge < -0.3 is 19.2 Å². The number of unbranched alkanes of at least 4 members (excludes halogenated alkanes) is 1. The molecule has 2 rings (SSSR count). The summed E-state index contributed by atoms with van der Waals surface area (Å²) in [5.41, 5.74) is 0.843. The van der Waals surface area contributed by atoms with Crippen LogP contribution in [0.5, 0.6) is 5.75 Å². The van der Waals surface area contributed by atoms with Crippen molar-refractivity contribution in [3.05, 3.63) is 39.7 Å². The summed E-state index contributed by atoms with van der Waals surface area (Å²) < 4.78 is 16.4. The topological polar surface area (TPSA) is 94.8 Å². The summed E-state index contributed by atoms with van der Waals surface area (Å²) in [6.07, 6.45) is 2.91. The van der Waals surface area contributed by atoms with Crippen LogP contribution in [0.25, 0.3) is 11.0 Å². The van der Waals surface area contributed by atoms with Gasteiger partial charge in [-0.2, -0.15) is 0 Å². The highest BCUT2D eigenvalue weighted by molar-refractivity contribution is 5.91. The summed E-state index contributed by atoms with van der Waals surface area (Å²) in [6, 6.07) is 4.09. The van der Waals surface area contributed by atoms with E-state index < -0.39 is 29.3 Å². The summed E-state index contributed by atoms with van der Waals surface area (Å²) >= 11 is 0. The molecule has 1 aromatic carbocycles. The van der Waals surface area contributed by atoms with Gasteiger partial charge in [-0.1, -0.05) is 26.7 Å². The predicted molar refractivity (Wildman–Crippen MR) is 120 cm³/mol. The van der Waals surface area contributed by atoms with Crippen LogP contribution in [0.1, 0.15) is 71.4 Å². The van der Waals surface area contributed by atoms with E-state index >= 15 is 0 Å². The van der Waals surface area contributed by atoms with Crippen LogP contribution < -0.4 is 15.7 Å². The molecule has 1 heterocycles. The third-order valence-electron chi connectivity index (χ3n) is 4.60. The first-order valence-electron chi connectivity index (χ1n) is 10.8. The molecule has 0 radical (unpaired) electrons. The van der Waals surface area contributed by atoms with Gasteiger partial charge in [-0.15, -0.1) is 0 Å². The van der Waals surface area contributed by atoms with Crippen molar-refractivity contribution >= 4 is 23.0 Å². The Hall–Kier alpha value is -2.83. The number of ether oxygens (including phenoxy) is 2. The van der Waals surface area contributed by atoms with Gasteiger partial charge in [0.05, 0.1) is 5.39 Å². The highest BCUT2D eigenvalue weighted by atomic mass is 16.6. The minimum absolute atomic E-state index is 0.321. The second kappa shape index (κ2) is 10.5. The van der Waals surface area contributed by atoms with Crippen molar-refractivity contribution < 1.29 is 23.5 Å². The number of aryl methyl sites for hydroxylation is 2. The molecule has 31 heavy (non-hydrogen) atoms. The molecular formula is C24H33NO6. The van der Waals surface area contributed by atoms with E-state index in [-0.39, 0.29) is 0 Å². The van der Waals surface area contributed by atoms with Crippen LogP contribution >= 0.6 is 0 Å². The second-order valence-electron chi connectivity index (χ2n) is 8.74. The fourth-order valence-corrected chi connectivity index (χ4v) is 3.28. The van der Waals surface area contributed by atoms with E-state index in [4.69, 9.17) is 13.9 Å². The Morgan fingerprint density at radius 3 is 2.45 bits per heavy atom. The maximum absolute atomic E-state index is 13.0. The Kier molecular flexibility index (Phi) is 8.25. The molecule has 0 saturated heterocycles. The highest BCUT2D eigenvalue weighted by Gasteiger charge is 2.26. The molecule has 1 N–H and O–H groups in total. The Labute approximate surface area is 183 Å². The Morgan fingerprint density at radius 1 is 1.13 bits per heavy atom. The van der Waals surface area contributed by atoms with Gasteiger partial charge >= 0.3 is 17.7 Å². The molecule has 170 valence electrons. The Balaban J connectivity index is 2.38. The number of alkyl carbamates (subject to hydrolysis) is 1. The average molecular weight is 432 g/mol. The van der Waals surface area contributed by atoms with Crippen molar-refractivity contribution in [1.29, 1.82) is 0 Å². The van der Waals surface area contributed by atoms with Crippen molar-refractivity contribution in [3.63, 3.8) is 0 Å². The molecule has 1 aromatic heterocycles. The molecular weight excluding hydrogens is 398 g/mol. The van der Waals surface area contributed by atoms with E-state index in [1.54, 1.807) is 32.9 Å². The summed E-state index contributed by atoms with van der Waals surface area (Å²) in [5, 5.41) is 3.22. The van der Waals surface area contributed by atoms with Gasteiger partial charge in [-0.3, -0.25) is 0 Å². The minimum Gasteiger partial charge on any atom is -0.444 e. The summed E-state index contributed by atoms with van der Waals surface area (Å²) in [4.78, 5) is 37.2. The molecule has 7 heteroatoms. The first-order chi connectivity index (χ1) is 14.5. The number of rotatable bonds is 8. The Bertz CT molecular complexity index is 986. The number of nitrogens with one attached hydrogen (secondary N) is 1. The molecule has 0 aliphatic carbocycles. The summed E-state index contributed by atoms with van der Waals surface area (Å²) in [6.45, 7) is 11.1. The number of esters is 1. The number of carbonyl (C=O) groups excluding carboxylic acids is 2. The normalized spacial score (nSPS) is 12.5. The maximum atomic E-state index is 13.0. The first kappa shape index (κ1) is 24.4. The fourth-order valence-electron chi connectivity index (χ4n) is 3.28. The molecule has 0 unspecified atom stereocenters. The quantitative estimate of drug-likeness (QED) is 0.357. The number of hydrogen-bond donors (Lipinski definition) is 1. The fraction of sp³-hybridized carbons (Fsp3) is 0.542. The third kappa shape index (κ3) is 7.12. The molecule has 2 aromatic rings. The molecule has 7 nitrogen and oxygen atoms in total. The molecule has 0 spiro atoms. The zero-order valence-electron chi connectivity index (χ0n) is 19.3. The van der Waals surface area contributed by atoms with E-state index in [0.717, 1.165) is 24.0 Å². The molecule has 0 saturated carbocycles. The van der Waals surface area contributed by atoms with E-state index in [0.29, 0.717) is 36.0 Å². The van der Waals surface area contributed by atoms with Crippen LogP contribution in [0.3, 0.4) is 0 Å². The lowest BCUT2D eigenvalue weighted by molar-refractivity contribution is -0.136. The van der Waals surface area contributed by atoms with Crippen LogP contribution in [-0.4, -0.2) is 23.7 Å². The largest absolute Gasteiger partial charge is 0.444 e. The number of hydrogen-bond acceptors (Lipinski definition) is 6. The van der Waals surface area contributed by atoms with Gasteiger partial charge in [0.15, 0.2) is 0 Å². The highest BCUT2D eigenvalue weighted by Crippen LogP contribution is 2.31. The van der Waals surface area contributed by atoms with Gasteiger partial charge in [0, 0.05) is 6.07 Å². The number of fused-ring (bicyclic) bond motifs is 1. The first-order valence-corrected chi connectivity index (χ1v) is 10.8. The Morgan fingerprint density at radius 2 is 1.84 bits per heavy atom. The summed E-state index contributed by atoms with van der Waals surface area (Å²) in [7, 11) is 0. The average Bonchev–Trinajstić information content (AvgIpc) is 2.63. The van der Waals surface area contributed by atoms with E-state index in [1.807, 2.05) is 13.8 Å². The van der Waals surface area contributed by atoms with Crippen molar-refractivity contribution in [3.8, 4) is 5.75 Å². The molecule has 0 aliphatic rings. The lowest BCUT2D eigenvalue weighted by Crippen LogP contribution is -2.45. The van der Waals surface area contributed by atoms with Crippen LogP contribution in [0.2, 0.25) is 0 Å². The van der Waals surface area contributed by atoms with Gasteiger partial charge in [0.25, 0.3) is 0 Å². The molecule has 0 aliphatic heterocycles. The van der Waals surface area contributed by atoms with Crippen LogP contribution in [0.15, 0.2) is 27.4 Å². The molecule has 0 fully saturated rings. The minimum atomic E-state index is -0.856. The van der Waals surface area contributed by atoms with Gasteiger partial charge in [-0.25, -0.2) is 14.4 Å². The monoisotopic (exact) mass is 431 g/mol. The van der Waals surface area contributed by atoms with Gasteiger partial charge in [0.1, 0.15) is 23.0 Å². The zero-order valence-corrected chi connectivity index (χ0v) is 19.3. The number of amides is 1. The standard InChI is InChI=1S/C24H33NO6/c1-7-9-11-16-14-20(26)29-18-12-15(3)13-19(21(16)18)30-22(27)17(10-8-2)25-23(28)31-24(4,5)6/h12-14,17H,7-11H2,1-6H3,(H,25,28)/t17-/m1/s1. The number of carbonyl (C=O) groups is 2. The van der Waals surface area contributed by atoms with Crippen LogP contribution in [-0.2, 0) is 16.0 Å². The third-order valence-corrected chi connectivity index (χ3v) is 4.60. The van der Waals surface area contributed by atoms with Crippen molar-refractivity contribution in [2.75, 3.05) is 0 Å². The van der Waals surface area contributed by atoms with Crippen molar-refractivity contribution in [1.82, 2.24) is 5.32 Å². The van der Waals surface area contributed by atoms with Gasteiger partial charge in [0.2, 0.25) is 0 Å². The van der Waals surface area contributed by atoms with Crippen LogP contribution in [0, 0.1) is 6.92 Å². The SMILES string of the molecule is CCCCc1cc(=O)oc2cc(C)cc(OC(=O)[C@@H](CCC)NC(=O)OC(C)(C)C)c12. The predicted octanol–water partition coefficient (Wildman–Crippen LogP) is 5.04. The van der Waals surface area contributed by atoms with Crippen molar-refractivity contribution in [2.45, 2.75) is 85.3 Å². The van der Waals surface area contributed by atoms with Gasteiger partial charge in [-0.05, 0) is 70.2 Å².